The average molecular weight is 332 g/mol. The summed E-state index contributed by atoms with van der Waals surface area (Å²) in [5, 5.41) is 0. The van der Waals surface area contributed by atoms with Crippen molar-refractivity contribution in [1.82, 2.24) is 0 Å². The normalized spacial score (nSPS) is 9.23. The quantitative estimate of drug-likeness (QED) is 0.391. The molecule has 0 heterocycles. The zero-order valence-corrected chi connectivity index (χ0v) is 13.1. The van der Waals surface area contributed by atoms with E-state index in [-0.39, 0.29) is 53.9 Å². The molecule has 69 valence electrons. The topological polar surface area (TPSA) is 184 Å². The predicted octanol–water partition coefficient (Wildman–Crippen LogP) is -10.7. The van der Waals surface area contributed by atoms with Crippen LogP contribution in [0.5, 0.6) is 0 Å². The Balaban J connectivity index is -0.0000000267. The molecule has 0 N–H and O–H groups in total. The Morgan fingerprint density at radius 2 is 0.538 bits per heavy atom. The molecule has 8 nitrogen and oxygen atoms in total. The van der Waals surface area contributed by atoms with Gasteiger partial charge >= 0.3 is 53.9 Å². The fourth-order valence-electron chi connectivity index (χ4n) is 0. The van der Waals surface area contributed by atoms with Crippen molar-refractivity contribution in [3.05, 3.63) is 0 Å². The smallest absolute Gasteiger partial charge is 0.894 e. The van der Waals surface area contributed by atoms with E-state index in [2.05, 4.69) is 0 Å². The van der Waals surface area contributed by atoms with Crippen LogP contribution in [0.1, 0.15) is 0 Å². The van der Waals surface area contributed by atoms with E-state index in [9.17, 15) is 0 Å². The summed E-state index contributed by atoms with van der Waals surface area (Å²) in [5.74, 6) is 0. The number of rotatable bonds is 0. The Bertz CT molecular complexity index is 65.1. The van der Waals surface area contributed by atoms with Crippen LogP contribution in [0, 0.1) is 0 Å². The third-order valence-corrected chi connectivity index (χ3v) is 0. The Kier molecular flexibility index (Phi) is 26.8. The molecule has 1 radical (unpaired) electrons. The van der Waals surface area contributed by atoms with Crippen LogP contribution in [-0.2, 0) is 36.5 Å². The number of hydrogen-bond donors (Lipinski definition) is 0. The van der Waals surface area contributed by atoms with E-state index >= 15 is 0 Å². The van der Waals surface area contributed by atoms with Crippen LogP contribution in [0.25, 0.3) is 0 Å². The minimum absolute atomic E-state index is 0. The third kappa shape index (κ3) is 599. The van der Waals surface area contributed by atoms with Gasteiger partial charge in [-0.2, -0.15) is 0 Å². The largest absolute Gasteiger partial charge is 3.00 e. The molecular weight excluding hydrogens is 332 g/mol. The summed E-state index contributed by atoms with van der Waals surface area (Å²) in [4.78, 5) is 68.6. The van der Waals surface area contributed by atoms with Crippen LogP contribution >= 0.6 is 0 Å². The Hall–Kier alpha value is 1.79. The molecule has 0 bridgehead atoms. The summed E-state index contributed by atoms with van der Waals surface area (Å²) < 4.78 is 0. The second kappa shape index (κ2) is 11.9. The van der Waals surface area contributed by atoms with Crippen molar-refractivity contribution < 1.29 is 74.9 Å². The second-order valence-electron chi connectivity index (χ2n) is 1.00. The van der Waals surface area contributed by atoms with Gasteiger partial charge in [0.1, 0.15) is 0 Å². The van der Waals surface area contributed by atoms with Crippen molar-refractivity contribution in [3.63, 3.8) is 0 Å². The Morgan fingerprint density at radius 1 is 0.538 bits per heavy atom. The first-order valence-corrected chi connectivity index (χ1v) is 4.90. The Morgan fingerprint density at radius 3 is 0.538 bits per heavy atom. The summed E-state index contributed by atoms with van der Waals surface area (Å²) in [6.45, 7) is 0. The fourth-order valence-corrected chi connectivity index (χ4v) is 0. The van der Waals surface area contributed by atoms with Gasteiger partial charge in [-0.25, -0.2) is 0 Å². The molecule has 0 rings (SSSR count). The van der Waals surface area contributed by atoms with Gasteiger partial charge in [0.25, 0.3) is 0 Å². The zero-order valence-electron chi connectivity index (χ0n) is 5.90. The minimum Gasteiger partial charge on any atom is -0.894 e. The standard InChI is InChI=1S/Al.Fe.2O4Si.Zn/c;;2*1-5(2,3)4;/q2*+3;2*-4;+2. The second-order valence-corrected chi connectivity index (χ2v) is 3.00. The van der Waals surface area contributed by atoms with Crippen LogP contribution in [0.15, 0.2) is 0 Å². The summed E-state index contributed by atoms with van der Waals surface area (Å²) in [6, 6.07) is 0. The molecule has 0 atom stereocenters. The van der Waals surface area contributed by atoms with E-state index in [0.717, 1.165) is 0 Å². The number of hydrogen-bond acceptors (Lipinski definition) is 8. The van der Waals surface area contributed by atoms with Crippen molar-refractivity contribution >= 4 is 35.5 Å². The maximum atomic E-state index is 8.58. The predicted molar refractivity (Wildman–Crippen MR) is 17.3 cm³/mol. The molecule has 0 amide bonds. The van der Waals surface area contributed by atoms with Crippen molar-refractivity contribution in [2.45, 2.75) is 0 Å². The van der Waals surface area contributed by atoms with Crippen molar-refractivity contribution in [2.24, 2.45) is 0 Å². The van der Waals surface area contributed by atoms with Crippen LogP contribution in [0.3, 0.4) is 0 Å². The molecular formula is AlFeO8Si2Zn. The van der Waals surface area contributed by atoms with E-state index in [1.807, 2.05) is 0 Å². The molecule has 0 aliphatic carbocycles. The zero-order chi connectivity index (χ0) is 9.00. The van der Waals surface area contributed by atoms with Gasteiger partial charge in [-0.05, 0) is 0 Å². The van der Waals surface area contributed by atoms with E-state index < -0.39 is 18.1 Å². The van der Waals surface area contributed by atoms with Crippen LogP contribution in [0.2, 0.25) is 0 Å². The van der Waals surface area contributed by atoms with E-state index in [1.165, 1.54) is 0 Å². The van der Waals surface area contributed by atoms with Gasteiger partial charge in [-0.3, -0.25) is 0 Å². The minimum atomic E-state index is -5.61. The molecule has 0 aromatic heterocycles. The maximum absolute atomic E-state index is 8.58. The molecule has 0 fully saturated rings. The van der Waals surface area contributed by atoms with Gasteiger partial charge in [-0.15, -0.1) is 0 Å². The molecule has 0 saturated heterocycles. The van der Waals surface area contributed by atoms with Crippen molar-refractivity contribution in [3.8, 4) is 0 Å². The van der Waals surface area contributed by atoms with Gasteiger partial charge in [-0.1, -0.05) is 0 Å². The van der Waals surface area contributed by atoms with Crippen LogP contribution in [0.4, 0.5) is 0 Å². The van der Waals surface area contributed by atoms with Gasteiger partial charge in [0.15, 0.2) is 0 Å². The van der Waals surface area contributed by atoms with Gasteiger partial charge in [0.05, 0.1) is 0 Å². The summed E-state index contributed by atoms with van der Waals surface area (Å²) in [5.41, 5.74) is 0. The Labute approximate surface area is 110 Å². The van der Waals surface area contributed by atoms with E-state index in [1.54, 1.807) is 0 Å². The SMILES string of the molecule is [Al+3].[Fe+3].[O-][Si]([O-])([O-])[O-].[O-][Si]([O-])([O-])[O-].[Zn+2]. The first-order chi connectivity index (χ1) is 4.00. The molecule has 0 spiro atoms. The maximum Gasteiger partial charge on any atom is 3.00 e. The molecule has 0 aromatic rings. The van der Waals surface area contributed by atoms with Crippen LogP contribution in [-0.4, -0.2) is 35.5 Å². The summed E-state index contributed by atoms with van der Waals surface area (Å²) >= 11 is 0. The van der Waals surface area contributed by atoms with Gasteiger partial charge in [0, 0.05) is 0 Å². The van der Waals surface area contributed by atoms with E-state index in [4.69, 9.17) is 38.4 Å². The third-order valence-electron chi connectivity index (χ3n) is 0. The summed E-state index contributed by atoms with van der Waals surface area (Å²) in [6.07, 6.45) is 0. The molecule has 0 saturated carbocycles. The molecule has 0 aliphatic rings. The summed E-state index contributed by atoms with van der Waals surface area (Å²) in [7, 11) is -11.2. The molecule has 0 aromatic carbocycles. The molecule has 0 unspecified atom stereocenters. The average Bonchev–Trinajstić information content (AvgIpc) is 1.12. The fraction of sp³-hybridized carbons (Fsp3) is 0. The van der Waals surface area contributed by atoms with Gasteiger partial charge < -0.3 is 56.5 Å². The van der Waals surface area contributed by atoms with Gasteiger partial charge in [0.2, 0.25) is 0 Å². The molecule has 13 heavy (non-hydrogen) atoms. The van der Waals surface area contributed by atoms with Crippen molar-refractivity contribution in [1.29, 1.82) is 0 Å². The molecule has 13 heteroatoms. The first kappa shape index (κ1) is 29.3. The van der Waals surface area contributed by atoms with Crippen molar-refractivity contribution in [2.75, 3.05) is 0 Å². The first-order valence-electron chi connectivity index (χ1n) is 1.63. The molecule has 0 aliphatic heterocycles. The van der Waals surface area contributed by atoms with Crippen LogP contribution < -0.4 is 38.4 Å². The van der Waals surface area contributed by atoms with E-state index in [0.29, 0.717) is 0 Å². The monoisotopic (exact) mass is 331 g/mol.